The summed E-state index contributed by atoms with van der Waals surface area (Å²) >= 11 is 0. The van der Waals surface area contributed by atoms with Crippen LogP contribution in [0.5, 0.6) is 0 Å². The zero-order valence-corrected chi connectivity index (χ0v) is 14.4. The molecular formula is C18H22N4O2. The molecule has 1 fully saturated rings. The van der Waals surface area contributed by atoms with Crippen LogP contribution in [0.3, 0.4) is 0 Å². The third-order valence-electron chi connectivity index (χ3n) is 5.11. The fraction of sp³-hybridized carbons (Fsp3) is 0.556. The molecule has 1 atom stereocenters. The van der Waals surface area contributed by atoms with Crippen molar-refractivity contribution in [3.05, 3.63) is 22.9 Å². The SMILES string of the molecule is CCC1C=C2C(=NC(=O)C(C#N)=C2N2CCC(C)(OC)CC2)C=N1. The van der Waals surface area contributed by atoms with Crippen LogP contribution < -0.4 is 0 Å². The van der Waals surface area contributed by atoms with Crippen molar-refractivity contribution >= 4 is 17.8 Å². The average Bonchev–Trinajstić information content (AvgIpc) is 2.61. The Bertz CT molecular complexity index is 716. The van der Waals surface area contributed by atoms with Crippen LogP contribution in [-0.2, 0) is 9.53 Å². The van der Waals surface area contributed by atoms with Crippen molar-refractivity contribution in [3.8, 4) is 6.07 Å². The van der Waals surface area contributed by atoms with Crippen molar-refractivity contribution in [2.24, 2.45) is 9.98 Å². The maximum absolute atomic E-state index is 12.3. The Kier molecular flexibility index (Phi) is 4.37. The summed E-state index contributed by atoms with van der Waals surface area (Å²) in [6, 6.07) is 2.13. The third kappa shape index (κ3) is 2.80. The van der Waals surface area contributed by atoms with Gasteiger partial charge in [-0.1, -0.05) is 6.92 Å². The zero-order valence-electron chi connectivity index (χ0n) is 14.4. The summed E-state index contributed by atoms with van der Waals surface area (Å²) in [5.74, 6) is -0.471. The lowest BCUT2D eigenvalue weighted by atomic mass is 9.89. The highest BCUT2D eigenvalue weighted by molar-refractivity contribution is 6.43. The molecule has 3 rings (SSSR count). The number of allylic oxidation sites excluding steroid dienone is 1. The number of nitriles is 1. The molecule has 0 saturated carbocycles. The number of nitrogens with zero attached hydrogens (tertiary/aromatic N) is 4. The van der Waals surface area contributed by atoms with Gasteiger partial charge in [0.1, 0.15) is 11.6 Å². The standard InChI is InChI=1S/C18H22N4O2/c1-4-12-9-13-15(11-20-12)21-17(23)14(10-19)16(13)22-7-5-18(2,24-3)6-8-22/h9,11-12H,4-8H2,1-3H3. The Balaban J connectivity index is 1.98. The minimum Gasteiger partial charge on any atom is -0.378 e. The van der Waals surface area contributed by atoms with Crippen molar-refractivity contribution < 1.29 is 9.53 Å². The maximum Gasteiger partial charge on any atom is 0.290 e. The van der Waals surface area contributed by atoms with Gasteiger partial charge in [-0.05, 0) is 32.3 Å². The van der Waals surface area contributed by atoms with Crippen LogP contribution in [0.1, 0.15) is 33.1 Å². The molecule has 0 aromatic heterocycles. The summed E-state index contributed by atoms with van der Waals surface area (Å²) in [5, 5.41) is 9.51. The minimum atomic E-state index is -0.471. The van der Waals surface area contributed by atoms with E-state index in [-0.39, 0.29) is 17.2 Å². The number of carbonyl (C=O) groups excluding carboxylic acids is 1. The number of fused-ring (bicyclic) bond motifs is 1. The van der Waals surface area contributed by atoms with Gasteiger partial charge in [0.2, 0.25) is 0 Å². The molecule has 3 aliphatic heterocycles. The first-order chi connectivity index (χ1) is 11.5. The van der Waals surface area contributed by atoms with Crippen molar-refractivity contribution in [1.29, 1.82) is 5.26 Å². The van der Waals surface area contributed by atoms with Gasteiger partial charge in [0.25, 0.3) is 5.91 Å². The van der Waals surface area contributed by atoms with E-state index in [1.54, 1.807) is 13.3 Å². The average molecular weight is 326 g/mol. The first-order valence-electron chi connectivity index (χ1n) is 8.34. The molecule has 1 unspecified atom stereocenters. The molecule has 1 amide bonds. The number of hydrogen-bond donors (Lipinski definition) is 0. The highest BCUT2D eigenvalue weighted by atomic mass is 16.5. The summed E-state index contributed by atoms with van der Waals surface area (Å²) < 4.78 is 5.60. The maximum atomic E-state index is 12.3. The van der Waals surface area contributed by atoms with E-state index >= 15 is 0 Å². The van der Waals surface area contributed by atoms with E-state index < -0.39 is 5.91 Å². The number of methoxy groups -OCH3 is 1. The van der Waals surface area contributed by atoms with Gasteiger partial charge < -0.3 is 9.64 Å². The summed E-state index contributed by atoms with van der Waals surface area (Å²) in [6.45, 7) is 5.66. The second kappa shape index (κ2) is 6.33. The van der Waals surface area contributed by atoms with Crippen LogP contribution in [0.25, 0.3) is 0 Å². The van der Waals surface area contributed by atoms with Gasteiger partial charge in [-0.2, -0.15) is 5.26 Å². The molecule has 126 valence electrons. The number of piperidine rings is 1. The van der Waals surface area contributed by atoms with Crippen molar-refractivity contribution in [1.82, 2.24) is 4.90 Å². The van der Waals surface area contributed by atoms with Gasteiger partial charge in [-0.25, -0.2) is 4.99 Å². The Morgan fingerprint density at radius 2 is 2.17 bits per heavy atom. The van der Waals surface area contributed by atoms with Gasteiger partial charge in [0.05, 0.1) is 23.1 Å². The Morgan fingerprint density at radius 1 is 1.46 bits per heavy atom. The van der Waals surface area contributed by atoms with E-state index in [9.17, 15) is 10.1 Å². The molecule has 6 heteroatoms. The van der Waals surface area contributed by atoms with Gasteiger partial charge in [0, 0.05) is 32.0 Å². The zero-order chi connectivity index (χ0) is 17.3. The predicted octanol–water partition coefficient (Wildman–Crippen LogP) is 2.04. The van der Waals surface area contributed by atoms with Crippen molar-refractivity contribution in [2.45, 2.75) is 44.8 Å². The number of dihydropyridines is 2. The summed E-state index contributed by atoms with van der Waals surface area (Å²) in [6.07, 6.45) is 6.27. The van der Waals surface area contributed by atoms with E-state index in [2.05, 4.69) is 34.8 Å². The van der Waals surface area contributed by atoms with Crippen LogP contribution in [0.4, 0.5) is 0 Å². The predicted molar refractivity (Wildman–Crippen MR) is 92.0 cm³/mol. The highest BCUT2D eigenvalue weighted by Gasteiger charge is 2.36. The molecule has 0 aromatic carbocycles. The van der Waals surface area contributed by atoms with Gasteiger partial charge >= 0.3 is 0 Å². The molecule has 3 heterocycles. The molecule has 0 N–H and O–H groups in total. The van der Waals surface area contributed by atoms with Gasteiger partial charge in [0.15, 0.2) is 0 Å². The van der Waals surface area contributed by atoms with Crippen LogP contribution in [0, 0.1) is 11.3 Å². The number of amides is 1. The van der Waals surface area contributed by atoms with Crippen molar-refractivity contribution in [2.75, 3.05) is 20.2 Å². The molecule has 0 radical (unpaired) electrons. The normalized spacial score (nSPS) is 25.8. The number of likely N-dealkylation sites (tertiary alicyclic amines) is 1. The number of carbonyl (C=O) groups is 1. The highest BCUT2D eigenvalue weighted by Crippen LogP contribution is 2.33. The number of rotatable bonds is 3. The quantitative estimate of drug-likeness (QED) is 0.795. The van der Waals surface area contributed by atoms with Gasteiger partial charge in [-0.3, -0.25) is 9.79 Å². The Morgan fingerprint density at radius 3 is 2.75 bits per heavy atom. The monoisotopic (exact) mass is 326 g/mol. The van der Waals surface area contributed by atoms with Crippen LogP contribution in [0.15, 0.2) is 32.9 Å². The number of aliphatic imine (C=N–C) groups is 2. The molecular weight excluding hydrogens is 304 g/mol. The van der Waals surface area contributed by atoms with E-state index in [4.69, 9.17) is 4.74 Å². The Labute approximate surface area is 142 Å². The molecule has 24 heavy (non-hydrogen) atoms. The van der Waals surface area contributed by atoms with Crippen LogP contribution in [-0.4, -0.2) is 54.6 Å². The minimum absolute atomic E-state index is 0.0659. The Hall–Kier alpha value is -2.26. The first-order valence-corrected chi connectivity index (χ1v) is 8.34. The number of hydrogen-bond acceptors (Lipinski definition) is 5. The summed E-state index contributed by atoms with van der Waals surface area (Å²) in [4.78, 5) is 22.8. The second-order valence-corrected chi connectivity index (χ2v) is 6.61. The third-order valence-corrected chi connectivity index (χ3v) is 5.11. The van der Waals surface area contributed by atoms with Gasteiger partial charge in [-0.15, -0.1) is 0 Å². The van der Waals surface area contributed by atoms with E-state index in [1.807, 2.05) is 6.08 Å². The molecule has 6 nitrogen and oxygen atoms in total. The molecule has 0 aliphatic carbocycles. The van der Waals surface area contributed by atoms with Crippen LogP contribution >= 0.6 is 0 Å². The lowest BCUT2D eigenvalue weighted by Crippen LogP contribution is -2.45. The molecule has 1 saturated heterocycles. The lowest BCUT2D eigenvalue weighted by Gasteiger charge is -2.41. The number of ether oxygens (including phenoxy) is 1. The topological polar surface area (TPSA) is 78.0 Å². The van der Waals surface area contributed by atoms with E-state index in [0.717, 1.165) is 43.6 Å². The van der Waals surface area contributed by atoms with Crippen LogP contribution in [0.2, 0.25) is 0 Å². The molecule has 3 aliphatic rings. The summed E-state index contributed by atoms with van der Waals surface area (Å²) in [5.41, 5.74) is 2.15. The largest absolute Gasteiger partial charge is 0.378 e. The lowest BCUT2D eigenvalue weighted by molar-refractivity contribution is -0.114. The van der Waals surface area contributed by atoms with E-state index in [0.29, 0.717) is 5.71 Å². The summed E-state index contributed by atoms with van der Waals surface area (Å²) in [7, 11) is 1.73. The smallest absolute Gasteiger partial charge is 0.290 e. The fourth-order valence-electron chi connectivity index (χ4n) is 3.31. The fourth-order valence-corrected chi connectivity index (χ4v) is 3.31. The molecule has 0 spiro atoms. The second-order valence-electron chi connectivity index (χ2n) is 6.61. The first kappa shape index (κ1) is 16.6. The van der Waals surface area contributed by atoms with Crippen molar-refractivity contribution in [3.63, 3.8) is 0 Å². The van der Waals surface area contributed by atoms with E-state index in [1.165, 1.54) is 0 Å². The molecule has 0 bridgehead atoms. The molecule has 0 aromatic rings.